The molecule has 0 aliphatic carbocycles. The average molecular weight is 367 g/mol. The summed E-state index contributed by atoms with van der Waals surface area (Å²) in [6.45, 7) is 10.4. The molecular weight excluding hydrogens is 340 g/mol. The van der Waals surface area contributed by atoms with Crippen LogP contribution in [0, 0.1) is 0 Å². The summed E-state index contributed by atoms with van der Waals surface area (Å²) in [5.74, 6) is 0. The van der Waals surface area contributed by atoms with Crippen LogP contribution in [-0.4, -0.2) is 58.2 Å². The zero-order valence-corrected chi connectivity index (χ0v) is 16.1. The number of morpholine rings is 1. The quantitative estimate of drug-likeness (QED) is 0.718. The third-order valence-electron chi connectivity index (χ3n) is 4.18. The van der Waals surface area contributed by atoms with Gasteiger partial charge in [-0.15, -0.1) is 22.7 Å². The molecule has 24 heavy (non-hydrogen) atoms. The lowest BCUT2D eigenvalue weighted by atomic mass is 10.2. The lowest BCUT2D eigenvalue weighted by Crippen LogP contribution is -2.46. The highest BCUT2D eigenvalue weighted by Gasteiger charge is 2.21. The van der Waals surface area contributed by atoms with Gasteiger partial charge in [0.2, 0.25) is 0 Å². The molecule has 0 unspecified atom stereocenters. The molecule has 2 atom stereocenters. The van der Waals surface area contributed by atoms with Crippen molar-refractivity contribution in [2.24, 2.45) is 0 Å². The largest absolute Gasteiger partial charge is 0.373 e. The number of aromatic nitrogens is 2. The molecule has 7 heteroatoms. The predicted octanol–water partition coefficient (Wildman–Crippen LogP) is 3.10. The maximum absolute atomic E-state index is 5.82. The van der Waals surface area contributed by atoms with Gasteiger partial charge in [-0.05, 0) is 26.8 Å². The van der Waals surface area contributed by atoms with Crippen molar-refractivity contribution < 1.29 is 4.74 Å². The van der Waals surface area contributed by atoms with Gasteiger partial charge in [-0.1, -0.05) is 0 Å². The predicted molar refractivity (Wildman–Crippen MR) is 99.4 cm³/mol. The van der Waals surface area contributed by atoms with E-state index in [1.54, 1.807) is 22.7 Å². The molecule has 1 fully saturated rings. The summed E-state index contributed by atoms with van der Waals surface area (Å²) in [6, 6.07) is 0. The Morgan fingerprint density at radius 1 is 1.08 bits per heavy atom. The van der Waals surface area contributed by atoms with Crippen molar-refractivity contribution in [2.45, 2.75) is 45.6 Å². The van der Waals surface area contributed by atoms with Crippen LogP contribution in [0.3, 0.4) is 0 Å². The Balaban J connectivity index is 1.49. The van der Waals surface area contributed by atoms with Crippen LogP contribution in [0.5, 0.6) is 0 Å². The van der Waals surface area contributed by atoms with Gasteiger partial charge < -0.3 is 4.74 Å². The molecule has 1 aliphatic heterocycles. The fourth-order valence-electron chi connectivity index (χ4n) is 3.29. The van der Waals surface area contributed by atoms with Crippen molar-refractivity contribution in [1.82, 2.24) is 19.8 Å². The summed E-state index contributed by atoms with van der Waals surface area (Å²) >= 11 is 3.33. The van der Waals surface area contributed by atoms with Crippen LogP contribution in [0.4, 0.5) is 0 Å². The third kappa shape index (κ3) is 5.60. The Morgan fingerprint density at radius 2 is 1.67 bits per heavy atom. The Morgan fingerprint density at radius 3 is 2.17 bits per heavy atom. The van der Waals surface area contributed by atoms with Gasteiger partial charge in [0.25, 0.3) is 0 Å². The summed E-state index contributed by atoms with van der Waals surface area (Å²) in [5, 5.41) is 4.28. The van der Waals surface area contributed by atoms with Crippen LogP contribution in [0.25, 0.3) is 0 Å². The second-order valence-electron chi connectivity index (χ2n) is 6.54. The van der Waals surface area contributed by atoms with E-state index in [0.717, 1.165) is 57.1 Å². The molecular formula is C17H26N4OS2. The summed E-state index contributed by atoms with van der Waals surface area (Å²) in [5.41, 5.74) is 6.13. The Kier molecular flexibility index (Phi) is 6.74. The van der Waals surface area contributed by atoms with Crippen molar-refractivity contribution in [3.63, 3.8) is 0 Å². The van der Waals surface area contributed by atoms with E-state index in [4.69, 9.17) is 4.74 Å². The maximum atomic E-state index is 5.82. The average Bonchev–Trinajstić information content (AvgIpc) is 3.20. The first-order chi connectivity index (χ1) is 11.7. The van der Waals surface area contributed by atoms with Gasteiger partial charge in [0.1, 0.15) is 0 Å². The molecule has 0 spiro atoms. The first kappa shape index (κ1) is 17.9. The van der Waals surface area contributed by atoms with E-state index in [1.165, 1.54) is 0 Å². The first-order valence-electron chi connectivity index (χ1n) is 8.53. The molecule has 0 N–H and O–H groups in total. The van der Waals surface area contributed by atoms with Crippen LogP contribution < -0.4 is 0 Å². The van der Waals surface area contributed by atoms with Crippen molar-refractivity contribution >= 4 is 22.7 Å². The number of thiazole rings is 2. The molecule has 2 aromatic rings. The summed E-state index contributed by atoms with van der Waals surface area (Å²) < 4.78 is 5.82. The van der Waals surface area contributed by atoms with Crippen LogP contribution in [0.1, 0.15) is 31.7 Å². The second kappa shape index (κ2) is 9.01. The highest BCUT2D eigenvalue weighted by molar-refractivity contribution is 7.07. The van der Waals surface area contributed by atoms with Crippen LogP contribution >= 0.6 is 22.7 Å². The van der Waals surface area contributed by atoms with Crippen LogP contribution in [0.2, 0.25) is 0 Å². The third-order valence-corrected chi connectivity index (χ3v) is 5.45. The lowest BCUT2D eigenvalue weighted by Gasteiger charge is -2.35. The number of hydrogen-bond donors (Lipinski definition) is 0. The van der Waals surface area contributed by atoms with Gasteiger partial charge >= 0.3 is 0 Å². The standard InChI is InChI=1S/C17H26N4OS2/c1-14-6-20(7-15(2)22-14)4-3-5-21(8-16-10-23-12-18-16)9-17-11-24-13-19-17/h10-15H,3-9H2,1-2H3/t14-,15-/m0/s1. The smallest absolute Gasteiger partial charge is 0.0795 e. The lowest BCUT2D eigenvalue weighted by molar-refractivity contribution is -0.0685. The Hall–Kier alpha value is -0.860. The number of ether oxygens (including phenoxy) is 1. The van der Waals surface area contributed by atoms with Crippen LogP contribution in [-0.2, 0) is 17.8 Å². The maximum Gasteiger partial charge on any atom is 0.0795 e. The number of hydrogen-bond acceptors (Lipinski definition) is 7. The molecule has 0 aromatic carbocycles. The number of nitrogens with zero attached hydrogens (tertiary/aromatic N) is 4. The summed E-state index contributed by atoms with van der Waals surface area (Å²) in [4.78, 5) is 13.9. The Bertz CT molecular complexity index is 529. The van der Waals surface area contributed by atoms with Gasteiger partial charge in [0, 0.05) is 43.5 Å². The monoisotopic (exact) mass is 366 g/mol. The van der Waals surface area contributed by atoms with Gasteiger partial charge in [-0.2, -0.15) is 0 Å². The van der Waals surface area contributed by atoms with Crippen molar-refractivity contribution in [1.29, 1.82) is 0 Å². The van der Waals surface area contributed by atoms with E-state index in [9.17, 15) is 0 Å². The molecule has 0 saturated carbocycles. The molecule has 132 valence electrons. The normalized spacial score (nSPS) is 22.3. The summed E-state index contributed by atoms with van der Waals surface area (Å²) in [6.07, 6.45) is 1.85. The van der Waals surface area contributed by atoms with Gasteiger partial charge in [0.05, 0.1) is 34.6 Å². The fraction of sp³-hybridized carbons (Fsp3) is 0.647. The van der Waals surface area contributed by atoms with E-state index in [1.807, 2.05) is 11.0 Å². The minimum Gasteiger partial charge on any atom is -0.373 e. The van der Waals surface area contributed by atoms with E-state index >= 15 is 0 Å². The zero-order valence-electron chi connectivity index (χ0n) is 14.4. The molecule has 1 aliphatic rings. The van der Waals surface area contributed by atoms with Crippen LogP contribution in [0.15, 0.2) is 21.8 Å². The van der Waals surface area contributed by atoms with Gasteiger partial charge in [-0.3, -0.25) is 9.80 Å². The van der Waals surface area contributed by atoms with Crippen molar-refractivity contribution in [3.05, 3.63) is 33.2 Å². The molecule has 3 heterocycles. The molecule has 2 aromatic heterocycles. The minimum atomic E-state index is 0.342. The van der Waals surface area contributed by atoms with Crippen molar-refractivity contribution in [3.8, 4) is 0 Å². The van der Waals surface area contributed by atoms with E-state index in [-0.39, 0.29) is 0 Å². The zero-order chi connectivity index (χ0) is 16.8. The fourth-order valence-corrected chi connectivity index (χ4v) is 4.39. The molecule has 5 nitrogen and oxygen atoms in total. The molecule has 0 amide bonds. The van der Waals surface area contributed by atoms with Gasteiger partial charge in [0.15, 0.2) is 0 Å². The highest BCUT2D eigenvalue weighted by atomic mass is 32.1. The molecule has 0 bridgehead atoms. The van der Waals surface area contributed by atoms with E-state index in [0.29, 0.717) is 12.2 Å². The SMILES string of the molecule is C[C@H]1CN(CCCN(Cc2cscn2)Cc2cscn2)C[C@H](C)O1. The topological polar surface area (TPSA) is 41.5 Å². The van der Waals surface area contributed by atoms with E-state index in [2.05, 4.69) is 44.4 Å². The minimum absolute atomic E-state index is 0.342. The van der Waals surface area contributed by atoms with E-state index < -0.39 is 0 Å². The molecule has 3 rings (SSSR count). The second-order valence-corrected chi connectivity index (χ2v) is 7.98. The highest BCUT2D eigenvalue weighted by Crippen LogP contribution is 2.13. The first-order valence-corrected chi connectivity index (χ1v) is 10.4. The van der Waals surface area contributed by atoms with Gasteiger partial charge in [-0.25, -0.2) is 9.97 Å². The Labute approximate surface area is 152 Å². The number of rotatable bonds is 8. The van der Waals surface area contributed by atoms with Crippen molar-refractivity contribution in [2.75, 3.05) is 26.2 Å². The molecule has 0 radical (unpaired) electrons. The molecule has 1 saturated heterocycles. The summed E-state index contributed by atoms with van der Waals surface area (Å²) in [7, 11) is 0.